The number of hydrogen-bond donors (Lipinski definition) is 1. The van der Waals surface area contributed by atoms with Gasteiger partial charge in [0.05, 0.1) is 12.7 Å². The maximum atomic E-state index is 12.9. The van der Waals surface area contributed by atoms with Gasteiger partial charge in [-0.2, -0.15) is 0 Å². The van der Waals surface area contributed by atoms with Gasteiger partial charge < -0.3 is 14.8 Å². The third kappa shape index (κ3) is 5.58. The summed E-state index contributed by atoms with van der Waals surface area (Å²) >= 11 is 3.60. The van der Waals surface area contributed by atoms with E-state index in [0.29, 0.717) is 23.1 Å². The maximum absolute atomic E-state index is 12.9. The highest BCUT2D eigenvalue weighted by atomic mass is 79.9. The average molecular weight is 577 g/mol. The first-order valence-electron chi connectivity index (χ1n) is 13.2. The lowest BCUT2D eigenvalue weighted by Gasteiger charge is -2.24. The molecule has 4 aromatic rings. The van der Waals surface area contributed by atoms with E-state index in [-0.39, 0.29) is 5.41 Å². The molecular weight excluding hydrogens is 542 g/mol. The summed E-state index contributed by atoms with van der Waals surface area (Å²) in [4.78, 5) is 17.9. The minimum atomic E-state index is -0.422. The molecule has 0 unspecified atom stereocenters. The Bertz CT molecular complexity index is 1450. The molecule has 0 saturated heterocycles. The number of rotatable bonds is 6. The molecule has 1 aliphatic rings. The van der Waals surface area contributed by atoms with Crippen molar-refractivity contribution in [3.63, 3.8) is 0 Å². The molecule has 1 saturated carbocycles. The number of anilines is 1. The third-order valence-electron chi connectivity index (χ3n) is 7.15. The molecule has 2 aromatic carbocycles. The van der Waals surface area contributed by atoms with Crippen molar-refractivity contribution in [2.45, 2.75) is 64.3 Å². The molecule has 0 bridgehead atoms. The Morgan fingerprint density at radius 1 is 1.00 bits per heavy atom. The van der Waals surface area contributed by atoms with Gasteiger partial charge in [-0.05, 0) is 82.2 Å². The zero-order chi connectivity index (χ0) is 26.9. The van der Waals surface area contributed by atoms with Gasteiger partial charge in [0.15, 0.2) is 11.5 Å². The van der Waals surface area contributed by atoms with Crippen molar-refractivity contribution < 1.29 is 14.3 Å². The first-order valence-corrected chi connectivity index (χ1v) is 14.0. The lowest BCUT2D eigenvalue weighted by atomic mass is 9.87. The smallest absolute Gasteiger partial charge is 0.343 e. The van der Waals surface area contributed by atoms with Crippen molar-refractivity contribution in [1.82, 2.24) is 9.38 Å². The number of ether oxygens (including phenoxy) is 2. The fraction of sp³-hybridized carbons (Fsp3) is 0.355. The number of esters is 1. The molecule has 38 heavy (non-hydrogen) atoms. The molecular formula is C31H34BrN3O3. The number of carbonyl (C=O) groups is 1. The van der Waals surface area contributed by atoms with E-state index in [2.05, 4.69) is 46.4 Å². The van der Waals surface area contributed by atoms with Gasteiger partial charge >= 0.3 is 5.97 Å². The Labute approximate surface area is 232 Å². The van der Waals surface area contributed by atoms with Crippen molar-refractivity contribution in [2.75, 3.05) is 12.4 Å². The summed E-state index contributed by atoms with van der Waals surface area (Å²) in [6.45, 7) is 6.43. The highest BCUT2D eigenvalue weighted by molar-refractivity contribution is 9.10. The van der Waals surface area contributed by atoms with E-state index in [9.17, 15) is 4.79 Å². The Morgan fingerprint density at radius 3 is 2.42 bits per heavy atom. The average Bonchev–Trinajstić information content (AvgIpc) is 3.26. The van der Waals surface area contributed by atoms with Crippen molar-refractivity contribution in [2.24, 2.45) is 0 Å². The van der Waals surface area contributed by atoms with Crippen molar-refractivity contribution >= 4 is 33.4 Å². The predicted molar refractivity (Wildman–Crippen MR) is 155 cm³/mol. The molecule has 5 rings (SSSR count). The van der Waals surface area contributed by atoms with E-state index in [0.717, 1.165) is 45.6 Å². The Morgan fingerprint density at radius 2 is 1.74 bits per heavy atom. The predicted octanol–water partition coefficient (Wildman–Crippen LogP) is 8.03. The van der Waals surface area contributed by atoms with Crippen LogP contribution in [0.2, 0.25) is 0 Å². The fourth-order valence-electron chi connectivity index (χ4n) is 4.96. The number of imidazole rings is 1. The molecule has 0 amide bonds. The van der Waals surface area contributed by atoms with Crippen LogP contribution in [-0.4, -0.2) is 28.5 Å². The number of benzene rings is 2. The summed E-state index contributed by atoms with van der Waals surface area (Å²) in [6, 6.07) is 17.5. The Hall–Kier alpha value is -3.32. The number of carbonyl (C=O) groups excluding carboxylic acids is 1. The van der Waals surface area contributed by atoms with Gasteiger partial charge in [0.25, 0.3) is 0 Å². The Kier molecular flexibility index (Phi) is 7.48. The lowest BCUT2D eigenvalue weighted by Crippen LogP contribution is -2.23. The molecule has 7 heteroatoms. The number of nitrogens with zero attached hydrogens (tertiary/aromatic N) is 2. The van der Waals surface area contributed by atoms with Gasteiger partial charge in [0.2, 0.25) is 0 Å². The van der Waals surface area contributed by atoms with Gasteiger partial charge in [-0.15, -0.1) is 0 Å². The summed E-state index contributed by atoms with van der Waals surface area (Å²) < 4.78 is 14.5. The summed E-state index contributed by atoms with van der Waals surface area (Å²) in [6.07, 6.45) is 8.10. The third-order valence-corrected chi connectivity index (χ3v) is 7.62. The van der Waals surface area contributed by atoms with Crippen LogP contribution < -0.4 is 14.8 Å². The van der Waals surface area contributed by atoms with Crippen LogP contribution in [0.3, 0.4) is 0 Å². The van der Waals surface area contributed by atoms with Gasteiger partial charge in [0, 0.05) is 22.3 Å². The van der Waals surface area contributed by atoms with Crippen LogP contribution in [0.5, 0.6) is 11.5 Å². The minimum Gasteiger partial charge on any atom is -0.493 e. The van der Waals surface area contributed by atoms with E-state index in [4.69, 9.17) is 14.5 Å². The summed E-state index contributed by atoms with van der Waals surface area (Å²) in [5.74, 6) is 1.38. The molecule has 0 atom stereocenters. The highest BCUT2D eigenvalue weighted by Crippen LogP contribution is 2.37. The van der Waals surface area contributed by atoms with Gasteiger partial charge in [-0.1, -0.05) is 52.2 Å². The molecule has 1 fully saturated rings. The quantitative estimate of drug-likeness (QED) is 0.186. The van der Waals surface area contributed by atoms with Gasteiger partial charge in [-0.3, -0.25) is 4.40 Å². The van der Waals surface area contributed by atoms with Gasteiger partial charge in [0.1, 0.15) is 17.2 Å². The second-order valence-electron chi connectivity index (χ2n) is 10.9. The molecule has 0 radical (unpaired) electrons. The molecule has 198 valence electrons. The maximum Gasteiger partial charge on any atom is 0.343 e. The summed E-state index contributed by atoms with van der Waals surface area (Å²) in [7, 11) is 1.58. The van der Waals surface area contributed by atoms with E-state index >= 15 is 0 Å². The number of aromatic nitrogens is 2. The van der Waals surface area contributed by atoms with Crippen LogP contribution >= 0.6 is 15.9 Å². The molecule has 1 N–H and O–H groups in total. The van der Waals surface area contributed by atoms with Crippen molar-refractivity contribution in [3.05, 3.63) is 76.4 Å². The Balaban J connectivity index is 1.45. The lowest BCUT2D eigenvalue weighted by molar-refractivity contribution is 0.0729. The first-order chi connectivity index (χ1) is 18.2. The molecule has 0 spiro atoms. The van der Waals surface area contributed by atoms with Crippen molar-refractivity contribution in [1.29, 1.82) is 0 Å². The fourth-order valence-corrected chi connectivity index (χ4v) is 5.30. The zero-order valence-electron chi connectivity index (χ0n) is 22.4. The molecule has 2 heterocycles. The van der Waals surface area contributed by atoms with Crippen LogP contribution in [-0.2, 0) is 5.41 Å². The summed E-state index contributed by atoms with van der Waals surface area (Å²) in [5, 5.41) is 3.77. The second-order valence-corrected chi connectivity index (χ2v) is 11.9. The van der Waals surface area contributed by atoms with E-state index in [1.165, 1.54) is 19.3 Å². The largest absolute Gasteiger partial charge is 0.493 e. The van der Waals surface area contributed by atoms with Crippen LogP contribution in [0.1, 0.15) is 68.8 Å². The number of nitrogens with one attached hydrogen (secondary N) is 1. The number of methoxy groups -OCH3 is 1. The molecule has 6 nitrogen and oxygen atoms in total. The normalized spacial score (nSPS) is 14.4. The van der Waals surface area contributed by atoms with Crippen LogP contribution in [0.4, 0.5) is 5.82 Å². The van der Waals surface area contributed by atoms with E-state index in [1.807, 2.05) is 54.7 Å². The SMILES string of the molecule is COc1cc(-c2nc3ccc(Br)cn3c2NC2CCCCC2)ccc1OC(=O)c1ccc(C(C)(C)C)cc1. The number of pyridine rings is 1. The molecule has 2 aromatic heterocycles. The number of hydrogen-bond acceptors (Lipinski definition) is 5. The first kappa shape index (κ1) is 26.3. The number of fused-ring (bicyclic) bond motifs is 1. The van der Waals surface area contributed by atoms with E-state index < -0.39 is 5.97 Å². The summed E-state index contributed by atoms with van der Waals surface area (Å²) in [5.41, 5.74) is 4.24. The standard InChI is InChI=1S/C31H34BrN3O3/c1-31(2,3)22-13-10-20(11-14-22)30(36)38-25-16-12-21(18-26(25)37-4)28-29(33-24-8-6-5-7-9-24)35-19-23(32)15-17-27(35)34-28/h10-19,24,33H,5-9H2,1-4H3. The zero-order valence-corrected chi connectivity index (χ0v) is 24.0. The van der Waals surface area contributed by atoms with Crippen LogP contribution in [0.25, 0.3) is 16.9 Å². The minimum absolute atomic E-state index is 0.0141. The van der Waals surface area contributed by atoms with Gasteiger partial charge in [-0.25, -0.2) is 9.78 Å². The topological polar surface area (TPSA) is 64.9 Å². The molecule has 1 aliphatic carbocycles. The number of halogens is 1. The van der Waals surface area contributed by atoms with Crippen LogP contribution in [0.15, 0.2) is 65.3 Å². The van der Waals surface area contributed by atoms with Crippen molar-refractivity contribution in [3.8, 4) is 22.8 Å². The monoisotopic (exact) mass is 575 g/mol. The highest BCUT2D eigenvalue weighted by Gasteiger charge is 2.22. The molecule has 0 aliphatic heterocycles. The van der Waals surface area contributed by atoms with E-state index in [1.54, 1.807) is 13.2 Å². The second kappa shape index (κ2) is 10.8. The van der Waals surface area contributed by atoms with Crippen LogP contribution in [0, 0.1) is 0 Å².